The van der Waals surface area contributed by atoms with Gasteiger partial charge in [0.1, 0.15) is 24.0 Å². The molecule has 0 saturated heterocycles. The van der Waals surface area contributed by atoms with Gasteiger partial charge in [0.05, 0.1) is 6.61 Å². The Bertz CT molecular complexity index is 588. The van der Waals surface area contributed by atoms with Gasteiger partial charge in [0.25, 0.3) is 0 Å². The molecule has 0 saturated carbocycles. The molecule has 0 unspecified atom stereocenters. The zero-order valence-corrected chi connectivity index (χ0v) is 11.5. The van der Waals surface area contributed by atoms with Crippen molar-refractivity contribution in [1.29, 1.82) is 0 Å². The Morgan fingerprint density at radius 1 is 1.11 bits per heavy atom. The maximum Gasteiger partial charge on any atom is 0.130 e. The van der Waals surface area contributed by atoms with Gasteiger partial charge in [-0.2, -0.15) is 0 Å². The number of halogens is 3. The Kier molecular flexibility index (Phi) is 4.50. The number of aliphatic hydroxyl groups excluding tert-OH is 1. The molecule has 0 spiro atoms. The van der Waals surface area contributed by atoms with E-state index in [1.54, 1.807) is 12.1 Å². The maximum absolute atomic E-state index is 13.6. The molecule has 100 valence electrons. The highest BCUT2D eigenvalue weighted by Crippen LogP contribution is 2.20. The molecule has 0 atom stereocenters. The van der Waals surface area contributed by atoms with Crippen LogP contribution in [-0.4, -0.2) is 5.11 Å². The van der Waals surface area contributed by atoms with Gasteiger partial charge in [-0.25, -0.2) is 8.78 Å². The molecule has 0 aliphatic heterocycles. The van der Waals surface area contributed by atoms with Crippen LogP contribution in [0.25, 0.3) is 0 Å². The van der Waals surface area contributed by atoms with Crippen molar-refractivity contribution in [2.45, 2.75) is 13.2 Å². The molecule has 1 N–H and O–H groups in total. The summed E-state index contributed by atoms with van der Waals surface area (Å²) < 4.78 is 32.7. The van der Waals surface area contributed by atoms with Crippen LogP contribution in [0.1, 0.15) is 11.1 Å². The Hall–Kier alpha value is -1.46. The molecule has 0 aromatic heterocycles. The Balaban J connectivity index is 2.12. The smallest absolute Gasteiger partial charge is 0.130 e. The summed E-state index contributed by atoms with van der Waals surface area (Å²) in [5.41, 5.74) is 0.782. The molecule has 0 radical (unpaired) electrons. The molecule has 0 heterocycles. The van der Waals surface area contributed by atoms with Gasteiger partial charge in [-0.1, -0.05) is 22.0 Å². The van der Waals surface area contributed by atoms with Crippen LogP contribution in [0.5, 0.6) is 5.75 Å². The Labute approximate surface area is 117 Å². The van der Waals surface area contributed by atoms with Gasteiger partial charge in [-0.15, -0.1) is 0 Å². The third kappa shape index (κ3) is 3.75. The van der Waals surface area contributed by atoms with E-state index in [-0.39, 0.29) is 19.0 Å². The first-order valence-electron chi connectivity index (χ1n) is 5.55. The molecule has 2 nitrogen and oxygen atoms in total. The average Bonchev–Trinajstić information content (AvgIpc) is 2.37. The standard InChI is InChI=1S/C14H11BrF2O2/c15-11-2-1-10(14(17)5-11)8-19-13-4-9(7-18)3-12(16)6-13/h1-6,18H,7-8H2. The Morgan fingerprint density at radius 2 is 1.89 bits per heavy atom. The summed E-state index contributed by atoms with van der Waals surface area (Å²) in [6.45, 7) is -0.284. The second-order valence-electron chi connectivity index (χ2n) is 3.98. The van der Waals surface area contributed by atoms with Crippen molar-refractivity contribution >= 4 is 15.9 Å². The molecule has 19 heavy (non-hydrogen) atoms. The fourth-order valence-corrected chi connectivity index (χ4v) is 1.93. The fourth-order valence-electron chi connectivity index (χ4n) is 1.60. The number of hydrogen-bond acceptors (Lipinski definition) is 2. The van der Waals surface area contributed by atoms with Crippen LogP contribution in [0.4, 0.5) is 8.78 Å². The molecular formula is C14H11BrF2O2. The second-order valence-corrected chi connectivity index (χ2v) is 4.89. The highest BCUT2D eigenvalue weighted by atomic mass is 79.9. The van der Waals surface area contributed by atoms with Gasteiger partial charge in [0.15, 0.2) is 0 Å². The largest absolute Gasteiger partial charge is 0.489 e. The van der Waals surface area contributed by atoms with Gasteiger partial charge in [0.2, 0.25) is 0 Å². The number of benzene rings is 2. The van der Waals surface area contributed by atoms with Crippen LogP contribution in [0.3, 0.4) is 0 Å². The summed E-state index contributed by atoms with van der Waals surface area (Å²) in [4.78, 5) is 0. The first-order valence-corrected chi connectivity index (χ1v) is 6.35. The van der Waals surface area contributed by atoms with Gasteiger partial charge >= 0.3 is 0 Å². The number of aliphatic hydroxyl groups is 1. The van der Waals surface area contributed by atoms with E-state index in [2.05, 4.69) is 15.9 Å². The van der Waals surface area contributed by atoms with Crippen LogP contribution < -0.4 is 4.74 Å². The highest BCUT2D eigenvalue weighted by Gasteiger charge is 2.05. The fraction of sp³-hybridized carbons (Fsp3) is 0.143. The molecule has 0 aliphatic carbocycles. The van der Waals surface area contributed by atoms with Gasteiger partial charge in [-0.3, -0.25) is 0 Å². The lowest BCUT2D eigenvalue weighted by molar-refractivity contribution is 0.275. The van der Waals surface area contributed by atoms with E-state index in [9.17, 15) is 8.78 Å². The van der Waals surface area contributed by atoms with Crippen molar-refractivity contribution in [2.24, 2.45) is 0 Å². The average molecular weight is 329 g/mol. The van der Waals surface area contributed by atoms with Crippen LogP contribution >= 0.6 is 15.9 Å². The van der Waals surface area contributed by atoms with Crippen molar-refractivity contribution < 1.29 is 18.6 Å². The lowest BCUT2D eigenvalue weighted by atomic mass is 10.2. The maximum atomic E-state index is 13.6. The molecule has 5 heteroatoms. The van der Waals surface area contributed by atoms with E-state index in [0.717, 1.165) is 0 Å². The van der Waals surface area contributed by atoms with E-state index >= 15 is 0 Å². The predicted octanol–water partition coefficient (Wildman–Crippen LogP) is 3.80. The van der Waals surface area contributed by atoms with Gasteiger partial charge in [0, 0.05) is 16.1 Å². The van der Waals surface area contributed by atoms with E-state index < -0.39 is 11.6 Å². The molecule has 2 rings (SSSR count). The van der Waals surface area contributed by atoms with E-state index in [1.165, 1.54) is 24.3 Å². The summed E-state index contributed by atoms with van der Waals surface area (Å²) >= 11 is 3.16. The molecule has 0 fully saturated rings. The molecule has 2 aromatic rings. The predicted molar refractivity (Wildman–Crippen MR) is 70.8 cm³/mol. The van der Waals surface area contributed by atoms with Crippen molar-refractivity contribution in [3.63, 3.8) is 0 Å². The van der Waals surface area contributed by atoms with E-state index in [1.807, 2.05) is 0 Å². The monoisotopic (exact) mass is 328 g/mol. The Morgan fingerprint density at radius 3 is 2.58 bits per heavy atom. The van der Waals surface area contributed by atoms with Gasteiger partial charge in [-0.05, 0) is 29.8 Å². The van der Waals surface area contributed by atoms with Crippen molar-refractivity contribution in [3.8, 4) is 5.75 Å². The minimum absolute atomic E-state index is 0.00651. The summed E-state index contributed by atoms with van der Waals surface area (Å²) in [7, 11) is 0. The topological polar surface area (TPSA) is 29.5 Å². The zero-order valence-electron chi connectivity index (χ0n) is 9.87. The molecule has 2 aromatic carbocycles. The lowest BCUT2D eigenvalue weighted by Crippen LogP contribution is -1.99. The van der Waals surface area contributed by atoms with Crippen molar-refractivity contribution in [1.82, 2.24) is 0 Å². The van der Waals surface area contributed by atoms with Crippen molar-refractivity contribution in [2.75, 3.05) is 0 Å². The van der Waals surface area contributed by atoms with Crippen LogP contribution in [0.15, 0.2) is 40.9 Å². The lowest BCUT2D eigenvalue weighted by Gasteiger charge is -2.09. The minimum Gasteiger partial charge on any atom is -0.489 e. The third-order valence-electron chi connectivity index (χ3n) is 2.52. The number of rotatable bonds is 4. The first kappa shape index (κ1) is 14.0. The first-order chi connectivity index (χ1) is 9.08. The minimum atomic E-state index is -0.502. The highest BCUT2D eigenvalue weighted by molar-refractivity contribution is 9.10. The molecule has 0 bridgehead atoms. The zero-order chi connectivity index (χ0) is 13.8. The van der Waals surface area contributed by atoms with Crippen LogP contribution in [-0.2, 0) is 13.2 Å². The summed E-state index contributed by atoms with van der Waals surface area (Å²) in [5, 5.41) is 8.96. The summed E-state index contributed by atoms with van der Waals surface area (Å²) in [5.74, 6) is -0.641. The van der Waals surface area contributed by atoms with Crippen LogP contribution in [0.2, 0.25) is 0 Å². The van der Waals surface area contributed by atoms with Crippen molar-refractivity contribution in [3.05, 3.63) is 63.6 Å². The quantitative estimate of drug-likeness (QED) is 0.925. The second kappa shape index (κ2) is 6.12. The van der Waals surface area contributed by atoms with Crippen LogP contribution in [0, 0.1) is 11.6 Å². The normalized spacial score (nSPS) is 10.5. The van der Waals surface area contributed by atoms with E-state index in [4.69, 9.17) is 9.84 Å². The summed E-state index contributed by atoms with van der Waals surface area (Å²) in [6.07, 6.45) is 0. The van der Waals surface area contributed by atoms with Gasteiger partial charge < -0.3 is 9.84 Å². The summed E-state index contributed by atoms with van der Waals surface area (Å²) in [6, 6.07) is 8.55. The molecule has 0 amide bonds. The number of hydrogen-bond donors (Lipinski definition) is 1. The molecular weight excluding hydrogens is 318 g/mol. The molecule has 0 aliphatic rings. The number of ether oxygens (including phenoxy) is 1. The third-order valence-corrected chi connectivity index (χ3v) is 3.02. The van der Waals surface area contributed by atoms with E-state index in [0.29, 0.717) is 15.6 Å². The SMILES string of the molecule is OCc1cc(F)cc(OCc2ccc(Br)cc2F)c1.